The van der Waals surface area contributed by atoms with E-state index in [4.69, 9.17) is 25.2 Å². The number of ether oxygens (including phenoxy) is 1. The number of halogens is 2. The molecule has 228 valence electrons. The monoisotopic (exact) mass is 587 g/mol. The van der Waals surface area contributed by atoms with E-state index in [0.717, 1.165) is 38.4 Å². The molecule has 3 aliphatic rings. The highest BCUT2D eigenvalue weighted by Gasteiger charge is 2.52. The van der Waals surface area contributed by atoms with Crippen LogP contribution < -0.4 is 9.64 Å². The number of benzene rings is 1. The third kappa shape index (κ3) is 7.67. The highest BCUT2D eigenvalue weighted by atomic mass is 19.1. The van der Waals surface area contributed by atoms with Gasteiger partial charge in [0.05, 0.1) is 30.7 Å². The lowest BCUT2D eigenvalue weighted by molar-refractivity contribution is -0.165. The summed E-state index contributed by atoms with van der Waals surface area (Å²) in [6, 6.07) is 4.49. The number of carboxylic acid groups (broad SMARTS) is 2. The summed E-state index contributed by atoms with van der Waals surface area (Å²) < 4.78 is 32.8. The van der Waals surface area contributed by atoms with Crippen molar-refractivity contribution in [2.75, 3.05) is 51.3 Å². The molecule has 6 atom stereocenters. The summed E-state index contributed by atoms with van der Waals surface area (Å²) in [5.74, 6) is -4.98. The lowest BCUT2D eigenvalue weighted by atomic mass is 9.78. The number of carboxylic acids is 2. The number of carbonyl (C=O) groups is 4. The first-order chi connectivity index (χ1) is 19.3. The molecule has 0 spiro atoms. The van der Waals surface area contributed by atoms with Gasteiger partial charge < -0.3 is 35.2 Å². The Bertz CT molecular complexity index is 1070. The minimum Gasteiger partial charge on any atom is -0.495 e. The van der Waals surface area contributed by atoms with Crippen LogP contribution in [0.15, 0.2) is 18.2 Å². The molecule has 2 aliphatic heterocycles. The van der Waals surface area contributed by atoms with Gasteiger partial charge in [0, 0.05) is 38.8 Å². The molecule has 1 aliphatic carbocycles. The molecule has 0 bridgehead atoms. The number of methoxy groups -OCH3 is 1. The summed E-state index contributed by atoms with van der Waals surface area (Å²) in [5.41, 5.74) is 0.742. The van der Waals surface area contributed by atoms with Gasteiger partial charge in [-0.2, -0.15) is 0 Å². The molecule has 5 N–H and O–H groups in total. The van der Waals surface area contributed by atoms with Crippen LogP contribution in [0.1, 0.15) is 19.3 Å². The Kier molecular flexibility index (Phi) is 11.0. The maximum atomic E-state index is 13.8. The van der Waals surface area contributed by atoms with Crippen LogP contribution in [0.25, 0.3) is 0 Å². The van der Waals surface area contributed by atoms with Crippen molar-refractivity contribution in [3.8, 4) is 5.75 Å². The highest BCUT2D eigenvalue weighted by molar-refractivity contribution is 6.05. The first-order valence-electron chi connectivity index (χ1n) is 13.2. The Balaban J connectivity index is 0.000000397. The molecule has 0 aromatic heterocycles. The predicted molar refractivity (Wildman–Crippen MR) is 137 cm³/mol. The van der Waals surface area contributed by atoms with Crippen LogP contribution in [-0.4, -0.2) is 130 Å². The van der Waals surface area contributed by atoms with Crippen molar-refractivity contribution in [2.45, 2.75) is 43.7 Å². The average Bonchev–Trinajstić information content (AvgIpc) is 3.16. The number of likely N-dealkylation sites (tertiary alicyclic amines) is 1. The number of carbonyl (C=O) groups excluding carboxylic acids is 2. The van der Waals surface area contributed by atoms with Crippen LogP contribution in [0.2, 0.25) is 0 Å². The molecule has 4 rings (SSSR count). The normalized spacial score (nSPS) is 26.1. The Morgan fingerprint density at radius 3 is 2.07 bits per heavy atom. The molecule has 13 nitrogen and oxygen atoms in total. The molecular weight excluding hydrogens is 552 g/mol. The number of aliphatic hydroxyl groups excluding tert-OH is 3. The molecule has 1 saturated carbocycles. The number of piperazine rings is 1. The molecule has 0 radical (unpaired) electrons. The Labute approximate surface area is 234 Å². The fourth-order valence-corrected chi connectivity index (χ4v) is 5.26. The number of aliphatic carboxylic acids is 2. The first-order valence-corrected chi connectivity index (χ1v) is 13.2. The molecule has 15 heteroatoms. The molecule has 2 heterocycles. The Morgan fingerprint density at radius 2 is 1.54 bits per heavy atom. The van der Waals surface area contributed by atoms with E-state index in [9.17, 15) is 33.1 Å². The van der Waals surface area contributed by atoms with Crippen LogP contribution in [0.5, 0.6) is 5.75 Å². The molecule has 2 saturated heterocycles. The molecule has 1 aromatic carbocycles. The van der Waals surface area contributed by atoms with E-state index in [0.29, 0.717) is 18.7 Å². The lowest BCUT2D eigenvalue weighted by Gasteiger charge is -2.36. The number of amides is 2. The van der Waals surface area contributed by atoms with Crippen LogP contribution in [0.4, 0.5) is 14.5 Å². The third-order valence-electron chi connectivity index (χ3n) is 7.56. The van der Waals surface area contributed by atoms with Gasteiger partial charge in [-0.05, 0) is 37.9 Å². The van der Waals surface area contributed by atoms with E-state index < -0.39 is 48.3 Å². The van der Waals surface area contributed by atoms with Gasteiger partial charge in [-0.1, -0.05) is 0 Å². The van der Waals surface area contributed by atoms with E-state index in [2.05, 4.69) is 9.80 Å². The number of hydrogen-bond donors (Lipinski definition) is 5. The van der Waals surface area contributed by atoms with Gasteiger partial charge >= 0.3 is 11.9 Å². The second kappa shape index (κ2) is 14.0. The average molecular weight is 588 g/mol. The number of fused-ring (bicyclic) bond motifs is 1. The van der Waals surface area contributed by atoms with E-state index in [1.165, 1.54) is 17.0 Å². The molecule has 1 aromatic rings. The van der Waals surface area contributed by atoms with E-state index in [-0.39, 0.29) is 30.5 Å². The highest BCUT2D eigenvalue weighted by Crippen LogP contribution is 2.39. The van der Waals surface area contributed by atoms with Crippen molar-refractivity contribution in [1.82, 2.24) is 9.80 Å². The Hall–Kier alpha value is -3.40. The number of rotatable bonds is 9. The van der Waals surface area contributed by atoms with Crippen molar-refractivity contribution in [3.05, 3.63) is 24.0 Å². The van der Waals surface area contributed by atoms with E-state index >= 15 is 0 Å². The van der Waals surface area contributed by atoms with Gasteiger partial charge in [0.15, 0.2) is 12.2 Å². The molecule has 2 amide bonds. The molecule has 6 unspecified atom stereocenters. The SMILES string of the molecule is COc1ccc(F)cc1N1CCN(CCCN2C(=O)C3CC(O)C(F)CC3C2=O)CC1.O=C(O)C(O)C(O)C(=O)O. The number of aliphatic hydroxyl groups is 3. The Morgan fingerprint density at radius 1 is 0.976 bits per heavy atom. The molecular formula is C26H35F2N3O10. The summed E-state index contributed by atoms with van der Waals surface area (Å²) in [5, 5.41) is 42.2. The lowest BCUT2D eigenvalue weighted by Crippen LogP contribution is -2.47. The zero-order chi connectivity index (χ0) is 30.4. The van der Waals surface area contributed by atoms with Gasteiger partial charge in [-0.15, -0.1) is 0 Å². The largest absolute Gasteiger partial charge is 0.495 e. The standard InChI is InChI=1S/C22H29F2N3O4.C4H6O6/c1-31-20-4-3-14(23)11-18(20)26-9-7-25(8-10-26)5-2-6-27-21(29)15-12-17(24)19(28)13-16(15)22(27)30;5-1(3(7)8)2(6)4(9)10/h3-4,11,15-17,19,28H,2,5-10,12-13H2,1H3;1-2,5-6H,(H,7,8)(H,9,10). The van der Waals surface area contributed by atoms with Gasteiger partial charge in [0.2, 0.25) is 11.8 Å². The smallest absolute Gasteiger partial charge is 0.335 e. The van der Waals surface area contributed by atoms with Gasteiger partial charge in [-0.3, -0.25) is 19.4 Å². The first kappa shape index (κ1) is 32.1. The number of alkyl halides is 1. The van der Waals surface area contributed by atoms with Crippen LogP contribution in [0.3, 0.4) is 0 Å². The second-order valence-corrected chi connectivity index (χ2v) is 10.2. The minimum atomic E-state index is -2.27. The summed E-state index contributed by atoms with van der Waals surface area (Å²) in [7, 11) is 1.57. The van der Waals surface area contributed by atoms with Gasteiger partial charge in [0.1, 0.15) is 17.7 Å². The third-order valence-corrected chi connectivity index (χ3v) is 7.56. The molecule has 3 fully saturated rings. The number of hydrogen-bond acceptors (Lipinski definition) is 10. The summed E-state index contributed by atoms with van der Waals surface area (Å²) in [6.07, 6.45) is -6.54. The van der Waals surface area contributed by atoms with Crippen molar-refractivity contribution in [2.24, 2.45) is 11.8 Å². The van der Waals surface area contributed by atoms with Crippen molar-refractivity contribution < 1.29 is 58.2 Å². The van der Waals surface area contributed by atoms with E-state index in [1.54, 1.807) is 13.2 Å². The number of nitrogens with zero attached hydrogens (tertiary/aromatic N) is 3. The summed E-state index contributed by atoms with van der Waals surface area (Å²) >= 11 is 0. The molecule has 41 heavy (non-hydrogen) atoms. The van der Waals surface area contributed by atoms with Crippen LogP contribution >= 0.6 is 0 Å². The fraction of sp³-hybridized carbons (Fsp3) is 0.615. The zero-order valence-corrected chi connectivity index (χ0v) is 22.4. The van der Waals surface area contributed by atoms with Crippen molar-refractivity contribution in [3.63, 3.8) is 0 Å². The maximum absolute atomic E-state index is 13.8. The van der Waals surface area contributed by atoms with E-state index in [1.807, 2.05) is 0 Å². The minimum absolute atomic E-state index is 0.0262. The number of anilines is 1. The van der Waals surface area contributed by atoms with Crippen molar-refractivity contribution >= 4 is 29.4 Å². The topological polar surface area (TPSA) is 188 Å². The second-order valence-electron chi connectivity index (χ2n) is 10.2. The zero-order valence-electron chi connectivity index (χ0n) is 22.4. The summed E-state index contributed by atoms with van der Waals surface area (Å²) in [6.45, 7) is 4.05. The van der Waals surface area contributed by atoms with Gasteiger partial charge in [-0.25, -0.2) is 18.4 Å². The summed E-state index contributed by atoms with van der Waals surface area (Å²) in [4.78, 5) is 50.3. The van der Waals surface area contributed by atoms with Crippen LogP contribution in [-0.2, 0) is 19.2 Å². The fourth-order valence-electron chi connectivity index (χ4n) is 5.26. The maximum Gasteiger partial charge on any atom is 0.335 e. The predicted octanol–water partition coefficient (Wildman–Crippen LogP) is -0.682. The van der Waals surface area contributed by atoms with Crippen molar-refractivity contribution in [1.29, 1.82) is 0 Å². The van der Waals surface area contributed by atoms with Crippen LogP contribution in [0, 0.1) is 17.7 Å². The van der Waals surface area contributed by atoms with Gasteiger partial charge in [0.25, 0.3) is 0 Å². The quantitative estimate of drug-likeness (QED) is 0.229. The number of imide groups is 1.